The van der Waals surface area contributed by atoms with Gasteiger partial charge in [0.1, 0.15) is 17.4 Å². The lowest BCUT2D eigenvalue weighted by atomic mass is 10.2. The summed E-state index contributed by atoms with van der Waals surface area (Å²) in [6, 6.07) is 16.2. The number of carbonyl (C=O) groups is 1. The highest BCUT2D eigenvalue weighted by Crippen LogP contribution is 2.44. The van der Waals surface area contributed by atoms with Gasteiger partial charge in [0.25, 0.3) is 0 Å². The zero-order chi connectivity index (χ0) is 21.2. The molecule has 0 amide bonds. The predicted octanol–water partition coefficient (Wildman–Crippen LogP) is 5.24. The van der Waals surface area contributed by atoms with Gasteiger partial charge >= 0.3 is 11.9 Å². The van der Waals surface area contributed by atoms with Crippen molar-refractivity contribution in [1.29, 1.82) is 0 Å². The Labute approximate surface area is 177 Å². The summed E-state index contributed by atoms with van der Waals surface area (Å²) < 4.78 is 12.0. The molecule has 4 aromatic rings. The van der Waals surface area contributed by atoms with Crippen LogP contribution in [0.1, 0.15) is 35.0 Å². The third-order valence-corrected chi connectivity index (χ3v) is 4.79. The van der Waals surface area contributed by atoms with Crippen LogP contribution in [0.25, 0.3) is 11.3 Å². The summed E-state index contributed by atoms with van der Waals surface area (Å²) in [7, 11) is 0. The Morgan fingerprint density at radius 3 is 2.61 bits per heavy atom. The largest absolute Gasteiger partial charge is 0.478 e. The number of aromatic carboxylic acids is 1. The zero-order valence-corrected chi connectivity index (χ0v) is 16.4. The van der Waals surface area contributed by atoms with Crippen LogP contribution in [0.15, 0.2) is 71.4 Å². The van der Waals surface area contributed by atoms with Gasteiger partial charge in [0.15, 0.2) is 5.69 Å². The number of rotatable bonds is 7. The fraction of sp³-hybridized carbons (Fsp3) is 0.130. The second-order valence-electron chi connectivity index (χ2n) is 7.17. The van der Waals surface area contributed by atoms with E-state index in [0.29, 0.717) is 40.8 Å². The number of oxazole rings is 1. The van der Waals surface area contributed by atoms with Crippen molar-refractivity contribution >= 4 is 17.6 Å². The third kappa shape index (κ3) is 4.23. The van der Waals surface area contributed by atoms with E-state index in [1.807, 2.05) is 30.3 Å². The molecule has 154 valence electrons. The number of aromatic nitrogens is 3. The molecular weight excluding hydrogens is 396 g/mol. The minimum atomic E-state index is -1.03. The normalized spacial score (nSPS) is 13.0. The molecular formula is C23H18N4O4. The molecule has 8 nitrogen and oxygen atoms in total. The molecule has 1 fully saturated rings. The molecule has 8 heteroatoms. The van der Waals surface area contributed by atoms with E-state index in [9.17, 15) is 4.79 Å². The standard InChI is InChI=1S/C23H18N4O4/c28-22(29)16-8-9-18(25-13-16)26-19-12-17(10-11-24-19)30-23-20(14-4-2-1-3-5-14)27-21(31-23)15-6-7-15/h1-5,8-13,15H,6-7H2,(H,28,29)(H,24,25,26). The summed E-state index contributed by atoms with van der Waals surface area (Å²) in [4.78, 5) is 24.0. The Morgan fingerprint density at radius 1 is 1.06 bits per heavy atom. The Morgan fingerprint density at radius 2 is 1.90 bits per heavy atom. The number of benzene rings is 1. The first-order valence-corrected chi connectivity index (χ1v) is 9.82. The van der Waals surface area contributed by atoms with Gasteiger partial charge in [-0.1, -0.05) is 30.3 Å². The first-order chi connectivity index (χ1) is 15.2. The third-order valence-electron chi connectivity index (χ3n) is 4.79. The predicted molar refractivity (Wildman–Crippen MR) is 113 cm³/mol. The van der Waals surface area contributed by atoms with Crippen LogP contribution in [-0.2, 0) is 0 Å². The van der Waals surface area contributed by atoms with Gasteiger partial charge in [-0.05, 0) is 31.0 Å². The molecule has 1 aliphatic rings. The summed E-state index contributed by atoms with van der Waals surface area (Å²) in [5.41, 5.74) is 1.70. The van der Waals surface area contributed by atoms with Gasteiger partial charge in [-0.25, -0.2) is 19.7 Å². The number of ether oxygens (including phenoxy) is 1. The first-order valence-electron chi connectivity index (χ1n) is 9.82. The molecule has 0 spiro atoms. The van der Waals surface area contributed by atoms with Gasteiger partial charge in [-0.15, -0.1) is 0 Å². The summed E-state index contributed by atoms with van der Waals surface area (Å²) in [6.45, 7) is 0. The Bertz CT molecular complexity index is 1220. The number of nitrogens with zero attached hydrogens (tertiary/aromatic N) is 3. The summed E-state index contributed by atoms with van der Waals surface area (Å²) >= 11 is 0. The smallest absolute Gasteiger partial charge is 0.337 e. The van der Waals surface area contributed by atoms with Crippen molar-refractivity contribution < 1.29 is 19.1 Å². The minimum absolute atomic E-state index is 0.112. The van der Waals surface area contributed by atoms with E-state index in [-0.39, 0.29) is 5.56 Å². The molecule has 3 aromatic heterocycles. The van der Waals surface area contributed by atoms with E-state index in [0.717, 1.165) is 18.4 Å². The molecule has 5 rings (SSSR count). The van der Waals surface area contributed by atoms with E-state index in [1.54, 1.807) is 24.4 Å². The molecule has 0 aliphatic heterocycles. The SMILES string of the molecule is O=C(O)c1ccc(Nc2cc(Oc3oc(C4CC4)nc3-c3ccccc3)ccn2)nc1. The van der Waals surface area contributed by atoms with Gasteiger partial charge in [0, 0.05) is 29.9 Å². The lowest BCUT2D eigenvalue weighted by Crippen LogP contribution is -2.00. The van der Waals surface area contributed by atoms with E-state index >= 15 is 0 Å². The van der Waals surface area contributed by atoms with Crippen molar-refractivity contribution in [3.05, 3.63) is 78.4 Å². The van der Waals surface area contributed by atoms with Crippen LogP contribution in [0, 0.1) is 0 Å². The van der Waals surface area contributed by atoms with Crippen molar-refractivity contribution in [3.8, 4) is 23.0 Å². The second kappa shape index (κ2) is 7.91. The van der Waals surface area contributed by atoms with Crippen molar-refractivity contribution in [3.63, 3.8) is 0 Å². The van der Waals surface area contributed by atoms with E-state index in [1.165, 1.54) is 12.3 Å². The fourth-order valence-corrected chi connectivity index (χ4v) is 3.05. The van der Waals surface area contributed by atoms with Crippen LogP contribution in [0.5, 0.6) is 11.7 Å². The highest BCUT2D eigenvalue weighted by molar-refractivity contribution is 5.87. The summed E-state index contributed by atoms with van der Waals surface area (Å²) in [6.07, 6.45) is 5.03. The maximum absolute atomic E-state index is 11.0. The first kappa shape index (κ1) is 18.8. The number of carboxylic acids is 1. The van der Waals surface area contributed by atoms with Crippen molar-refractivity contribution in [1.82, 2.24) is 15.0 Å². The van der Waals surface area contributed by atoms with Crippen molar-refractivity contribution in [2.24, 2.45) is 0 Å². The number of pyridine rings is 2. The maximum Gasteiger partial charge on any atom is 0.337 e. The van der Waals surface area contributed by atoms with Gasteiger partial charge < -0.3 is 19.6 Å². The zero-order valence-electron chi connectivity index (χ0n) is 16.4. The molecule has 0 saturated heterocycles. The van der Waals surface area contributed by atoms with Gasteiger partial charge in [-0.2, -0.15) is 0 Å². The average Bonchev–Trinajstić information content (AvgIpc) is 3.56. The average molecular weight is 414 g/mol. The van der Waals surface area contributed by atoms with E-state index < -0.39 is 5.97 Å². The Balaban J connectivity index is 1.39. The number of hydrogen-bond acceptors (Lipinski definition) is 7. The van der Waals surface area contributed by atoms with Crippen LogP contribution in [0.4, 0.5) is 11.6 Å². The fourth-order valence-electron chi connectivity index (χ4n) is 3.05. The van der Waals surface area contributed by atoms with Crippen molar-refractivity contribution in [2.75, 3.05) is 5.32 Å². The molecule has 31 heavy (non-hydrogen) atoms. The van der Waals surface area contributed by atoms with Crippen molar-refractivity contribution in [2.45, 2.75) is 18.8 Å². The van der Waals surface area contributed by atoms with E-state index in [4.69, 9.17) is 14.3 Å². The lowest BCUT2D eigenvalue weighted by molar-refractivity contribution is 0.0696. The number of carboxylic acid groups (broad SMARTS) is 1. The molecule has 0 atom stereocenters. The summed E-state index contributed by atoms with van der Waals surface area (Å²) in [5.74, 6) is 1.86. The van der Waals surface area contributed by atoms with Crippen LogP contribution in [0.2, 0.25) is 0 Å². The van der Waals surface area contributed by atoms with Crippen LogP contribution in [-0.4, -0.2) is 26.0 Å². The topological polar surface area (TPSA) is 110 Å². The number of nitrogens with one attached hydrogen (secondary N) is 1. The number of anilines is 2. The molecule has 1 aliphatic carbocycles. The lowest BCUT2D eigenvalue weighted by Gasteiger charge is -2.08. The Hall–Kier alpha value is -4.20. The minimum Gasteiger partial charge on any atom is -0.478 e. The molecule has 2 N–H and O–H groups in total. The van der Waals surface area contributed by atoms with Crippen LogP contribution in [0.3, 0.4) is 0 Å². The second-order valence-corrected chi connectivity index (χ2v) is 7.17. The summed E-state index contributed by atoms with van der Waals surface area (Å²) in [5, 5.41) is 12.0. The molecule has 1 saturated carbocycles. The molecule has 3 heterocycles. The van der Waals surface area contributed by atoms with Crippen LogP contribution < -0.4 is 10.1 Å². The van der Waals surface area contributed by atoms with Crippen LogP contribution >= 0.6 is 0 Å². The maximum atomic E-state index is 11.0. The monoisotopic (exact) mass is 414 g/mol. The number of hydrogen-bond donors (Lipinski definition) is 2. The highest BCUT2D eigenvalue weighted by atomic mass is 16.6. The quantitative estimate of drug-likeness (QED) is 0.422. The molecule has 0 unspecified atom stereocenters. The van der Waals surface area contributed by atoms with Gasteiger partial charge in [0.2, 0.25) is 5.89 Å². The molecule has 1 aromatic carbocycles. The van der Waals surface area contributed by atoms with Gasteiger partial charge in [-0.3, -0.25) is 0 Å². The van der Waals surface area contributed by atoms with Gasteiger partial charge in [0.05, 0.1) is 5.56 Å². The van der Waals surface area contributed by atoms with E-state index in [2.05, 4.69) is 20.3 Å². The highest BCUT2D eigenvalue weighted by Gasteiger charge is 2.31. The Kier molecular flexibility index (Phi) is 4.80. The molecule has 0 radical (unpaired) electrons. The molecule has 0 bridgehead atoms.